The van der Waals surface area contributed by atoms with Crippen molar-refractivity contribution in [3.8, 4) is 0 Å². The number of amides is 1. The predicted molar refractivity (Wildman–Crippen MR) is 111 cm³/mol. The van der Waals surface area contributed by atoms with Crippen LogP contribution in [0.4, 0.5) is 26.3 Å². The normalized spacial score (nSPS) is 18.5. The van der Waals surface area contributed by atoms with E-state index in [4.69, 9.17) is 0 Å². The first-order valence-corrected chi connectivity index (χ1v) is 10.3. The number of alkyl halides is 6. The summed E-state index contributed by atoms with van der Waals surface area (Å²) in [5.74, 6) is -1.09. The number of hydrogen-bond acceptors (Lipinski definition) is 2. The second-order valence-corrected chi connectivity index (χ2v) is 8.14. The number of rotatable bonds is 3. The molecule has 2 N–H and O–H groups in total. The molecule has 0 radical (unpaired) electrons. The highest BCUT2D eigenvalue weighted by molar-refractivity contribution is 5.95. The van der Waals surface area contributed by atoms with Crippen LogP contribution in [0.15, 0.2) is 48.7 Å². The number of aromatic nitrogens is 1. The average molecular weight is 469 g/mol. The van der Waals surface area contributed by atoms with Crippen LogP contribution >= 0.6 is 0 Å². The van der Waals surface area contributed by atoms with Crippen LogP contribution in [0.1, 0.15) is 39.9 Å². The Hall–Kier alpha value is -3.01. The summed E-state index contributed by atoms with van der Waals surface area (Å²) >= 11 is 0. The van der Waals surface area contributed by atoms with E-state index in [1.807, 2.05) is 37.4 Å². The number of carbonyl (C=O) groups is 1. The van der Waals surface area contributed by atoms with Crippen molar-refractivity contribution in [1.29, 1.82) is 0 Å². The van der Waals surface area contributed by atoms with Gasteiger partial charge in [-0.25, -0.2) is 0 Å². The molecular formula is C23H21F6N3O. The van der Waals surface area contributed by atoms with Gasteiger partial charge in [0, 0.05) is 48.2 Å². The van der Waals surface area contributed by atoms with E-state index in [-0.39, 0.29) is 18.5 Å². The fourth-order valence-corrected chi connectivity index (χ4v) is 4.35. The van der Waals surface area contributed by atoms with Gasteiger partial charge in [-0.3, -0.25) is 4.79 Å². The van der Waals surface area contributed by atoms with Gasteiger partial charge < -0.3 is 15.2 Å². The van der Waals surface area contributed by atoms with Crippen molar-refractivity contribution >= 4 is 16.8 Å². The maximum absolute atomic E-state index is 13.3. The molecule has 33 heavy (non-hydrogen) atoms. The van der Waals surface area contributed by atoms with Gasteiger partial charge in [-0.2, -0.15) is 26.3 Å². The molecule has 1 aliphatic heterocycles. The summed E-state index contributed by atoms with van der Waals surface area (Å²) in [5, 5.41) is 4.11. The molecule has 0 saturated carbocycles. The number of aromatic amines is 1. The van der Waals surface area contributed by atoms with Crippen molar-refractivity contribution in [2.75, 3.05) is 19.6 Å². The summed E-state index contributed by atoms with van der Waals surface area (Å²) in [6.07, 6.45) is -8.22. The summed E-state index contributed by atoms with van der Waals surface area (Å²) in [4.78, 5) is 17.8. The number of para-hydroxylation sites is 1. The quantitative estimate of drug-likeness (QED) is 0.503. The smallest absolute Gasteiger partial charge is 0.361 e. The Labute approximate surface area is 185 Å². The molecule has 1 fully saturated rings. The van der Waals surface area contributed by atoms with Crippen LogP contribution in [-0.4, -0.2) is 41.5 Å². The number of fused-ring (bicyclic) bond motifs is 1. The summed E-state index contributed by atoms with van der Waals surface area (Å²) in [5.41, 5.74) is -1.82. The average Bonchev–Trinajstić information content (AvgIpc) is 3.21. The topological polar surface area (TPSA) is 48.1 Å². The number of halogens is 6. The van der Waals surface area contributed by atoms with Crippen LogP contribution in [0, 0.1) is 0 Å². The van der Waals surface area contributed by atoms with Crippen molar-refractivity contribution in [3.05, 3.63) is 70.9 Å². The Kier molecular flexibility index (Phi) is 5.90. The number of carbonyl (C=O) groups excluding carboxylic acids is 1. The van der Waals surface area contributed by atoms with Crippen LogP contribution < -0.4 is 5.32 Å². The molecule has 2 aromatic carbocycles. The molecule has 10 heteroatoms. The summed E-state index contributed by atoms with van der Waals surface area (Å²) in [6.45, 7) is 2.79. The van der Waals surface area contributed by atoms with Crippen LogP contribution in [0.25, 0.3) is 10.9 Å². The molecule has 1 unspecified atom stereocenters. The molecule has 0 aliphatic carbocycles. The maximum atomic E-state index is 13.3. The van der Waals surface area contributed by atoms with E-state index in [2.05, 4.69) is 10.3 Å². The van der Waals surface area contributed by atoms with Gasteiger partial charge in [0.1, 0.15) is 0 Å². The van der Waals surface area contributed by atoms with Gasteiger partial charge in [-0.05, 0) is 29.8 Å². The summed E-state index contributed by atoms with van der Waals surface area (Å²) < 4.78 is 79.7. The van der Waals surface area contributed by atoms with Crippen molar-refractivity contribution in [1.82, 2.24) is 15.2 Å². The predicted octanol–water partition coefficient (Wildman–Crippen LogP) is 5.42. The zero-order valence-electron chi connectivity index (χ0n) is 17.5. The van der Waals surface area contributed by atoms with E-state index in [1.165, 1.54) is 4.90 Å². The van der Waals surface area contributed by atoms with Gasteiger partial charge in [-0.15, -0.1) is 0 Å². The van der Waals surface area contributed by atoms with Crippen molar-refractivity contribution in [2.24, 2.45) is 0 Å². The lowest BCUT2D eigenvalue weighted by atomic mass is 9.90. The monoisotopic (exact) mass is 469 g/mol. The summed E-state index contributed by atoms with van der Waals surface area (Å²) in [6, 6.07) is 8.11. The van der Waals surface area contributed by atoms with Crippen LogP contribution in [0.3, 0.4) is 0 Å². The third kappa shape index (κ3) is 4.57. The minimum Gasteiger partial charge on any atom is -0.361 e. The van der Waals surface area contributed by atoms with Crippen LogP contribution in [-0.2, 0) is 12.4 Å². The number of piperazine rings is 1. The summed E-state index contributed by atoms with van der Waals surface area (Å²) in [7, 11) is 0. The molecule has 1 saturated heterocycles. The van der Waals surface area contributed by atoms with Gasteiger partial charge in [0.05, 0.1) is 17.2 Å². The highest BCUT2D eigenvalue weighted by atomic mass is 19.4. The van der Waals surface area contributed by atoms with E-state index in [0.717, 1.165) is 16.5 Å². The lowest BCUT2D eigenvalue weighted by Gasteiger charge is -2.40. The van der Waals surface area contributed by atoms with E-state index in [0.29, 0.717) is 25.2 Å². The minimum absolute atomic E-state index is 0.0284. The van der Waals surface area contributed by atoms with Crippen LogP contribution in [0.2, 0.25) is 0 Å². The van der Waals surface area contributed by atoms with Gasteiger partial charge in [0.2, 0.25) is 0 Å². The maximum Gasteiger partial charge on any atom is 0.416 e. The number of H-pyrrole nitrogens is 1. The van der Waals surface area contributed by atoms with Gasteiger partial charge in [0.15, 0.2) is 0 Å². The molecule has 4 rings (SSSR count). The molecule has 0 spiro atoms. The fraction of sp³-hybridized carbons (Fsp3) is 0.348. The lowest BCUT2D eigenvalue weighted by molar-refractivity contribution is -0.143. The SMILES string of the molecule is CC(c1c[nH]c2ccccc12)[C@@H]1CNCCN1C(=O)c1cc(C(F)(F)F)cc(C(F)(F)F)c1. The minimum atomic E-state index is -5.02. The molecule has 4 nitrogen and oxygen atoms in total. The zero-order valence-corrected chi connectivity index (χ0v) is 17.5. The van der Waals surface area contributed by atoms with Gasteiger partial charge in [0.25, 0.3) is 5.91 Å². The second kappa shape index (κ2) is 8.40. The van der Waals surface area contributed by atoms with E-state index in [9.17, 15) is 31.1 Å². The molecule has 1 amide bonds. The van der Waals surface area contributed by atoms with Gasteiger partial charge >= 0.3 is 12.4 Å². The Morgan fingerprint density at radius 2 is 1.67 bits per heavy atom. The molecule has 3 aromatic rings. The van der Waals surface area contributed by atoms with E-state index in [1.54, 1.807) is 0 Å². The number of benzene rings is 2. The third-order valence-corrected chi connectivity index (χ3v) is 6.07. The number of nitrogens with zero attached hydrogens (tertiary/aromatic N) is 1. The van der Waals surface area contributed by atoms with Crippen LogP contribution in [0.5, 0.6) is 0 Å². The third-order valence-electron chi connectivity index (χ3n) is 6.07. The first kappa shape index (κ1) is 23.2. The molecule has 0 bridgehead atoms. The fourth-order valence-electron chi connectivity index (χ4n) is 4.35. The Morgan fingerprint density at radius 1 is 1.03 bits per heavy atom. The molecule has 176 valence electrons. The zero-order chi connectivity index (χ0) is 24.0. The number of hydrogen-bond donors (Lipinski definition) is 2. The second-order valence-electron chi connectivity index (χ2n) is 8.14. The highest BCUT2D eigenvalue weighted by Crippen LogP contribution is 2.37. The molecule has 1 aromatic heterocycles. The number of nitrogens with one attached hydrogen (secondary N) is 2. The molecule has 2 heterocycles. The van der Waals surface area contributed by atoms with Crippen molar-refractivity contribution in [3.63, 3.8) is 0 Å². The Balaban J connectivity index is 1.72. The first-order chi connectivity index (χ1) is 15.5. The molecule has 2 atom stereocenters. The van der Waals surface area contributed by atoms with Gasteiger partial charge in [-0.1, -0.05) is 25.1 Å². The largest absolute Gasteiger partial charge is 0.416 e. The standard InChI is InChI=1S/C23H21F6N3O/c1-13(18-11-31-19-5-3-2-4-17(18)19)20-12-30-6-7-32(20)21(33)14-8-15(22(24,25)26)10-16(9-14)23(27,28)29/h2-5,8-11,13,20,30-31H,6-7,12H2,1H3/t13?,20-/m0/s1. The highest BCUT2D eigenvalue weighted by Gasteiger charge is 2.39. The molecule has 1 aliphatic rings. The van der Waals surface area contributed by atoms with Crippen molar-refractivity contribution < 1.29 is 31.1 Å². The first-order valence-electron chi connectivity index (χ1n) is 10.3. The lowest BCUT2D eigenvalue weighted by Crippen LogP contribution is -2.55. The Bertz CT molecular complexity index is 1130. The molecular weight excluding hydrogens is 448 g/mol. The van der Waals surface area contributed by atoms with E-state index < -0.39 is 41.0 Å². The van der Waals surface area contributed by atoms with Crippen molar-refractivity contribution in [2.45, 2.75) is 31.2 Å². The Morgan fingerprint density at radius 3 is 2.30 bits per heavy atom. The van der Waals surface area contributed by atoms with E-state index >= 15 is 0 Å².